The SMILES string of the molecule is CCc1c([N+](=O)[O-])ccc(Cl)c1S(=O)(=O)Cl. The fourth-order valence-corrected chi connectivity index (χ4v) is 3.34. The van der Waals surface area contributed by atoms with Gasteiger partial charge in [0.25, 0.3) is 14.7 Å². The second-order valence-electron chi connectivity index (χ2n) is 2.92. The van der Waals surface area contributed by atoms with Crippen LogP contribution < -0.4 is 0 Å². The van der Waals surface area contributed by atoms with Crippen LogP contribution in [0.1, 0.15) is 12.5 Å². The number of hydrogen-bond donors (Lipinski definition) is 0. The molecule has 0 fully saturated rings. The molecule has 0 atom stereocenters. The van der Waals surface area contributed by atoms with Gasteiger partial charge in [-0.2, -0.15) is 0 Å². The van der Waals surface area contributed by atoms with Crippen molar-refractivity contribution in [2.75, 3.05) is 0 Å². The molecule has 16 heavy (non-hydrogen) atoms. The van der Waals surface area contributed by atoms with Crippen LogP contribution in [-0.2, 0) is 15.5 Å². The molecule has 0 aliphatic heterocycles. The molecule has 8 heteroatoms. The predicted octanol–water partition coefficient (Wildman–Crippen LogP) is 2.74. The third-order valence-electron chi connectivity index (χ3n) is 1.98. The van der Waals surface area contributed by atoms with Crippen molar-refractivity contribution < 1.29 is 13.3 Å². The van der Waals surface area contributed by atoms with Crippen molar-refractivity contribution >= 4 is 37.0 Å². The van der Waals surface area contributed by atoms with Crippen LogP contribution >= 0.6 is 22.3 Å². The van der Waals surface area contributed by atoms with E-state index in [4.69, 9.17) is 22.3 Å². The quantitative estimate of drug-likeness (QED) is 0.485. The Hall–Kier alpha value is -0.850. The summed E-state index contributed by atoms with van der Waals surface area (Å²) in [5, 5.41) is 10.6. The molecule has 0 bridgehead atoms. The third-order valence-corrected chi connectivity index (χ3v) is 3.83. The first-order valence-corrected chi connectivity index (χ1v) is 6.88. The van der Waals surface area contributed by atoms with Gasteiger partial charge in [0.05, 0.1) is 15.5 Å². The number of nitro groups is 1. The second-order valence-corrected chi connectivity index (χ2v) is 5.83. The standard InChI is InChI=1S/C8H7Cl2NO4S/c1-2-5-7(11(12)13)4-3-6(9)8(5)16(10,14)15/h3-4H,2H2,1H3. The maximum atomic E-state index is 11.3. The predicted molar refractivity (Wildman–Crippen MR) is 60.5 cm³/mol. The Morgan fingerprint density at radius 1 is 1.44 bits per heavy atom. The van der Waals surface area contributed by atoms with Crippen LogP contribution in [0.3, 0.4) is 0 Å². The minimum atomic E-state index is -4.10. The molecule has 88 valence electrons. The van der Waals surface area contributed by atoms with Crippen molar-refractivity contribution in [1.29, 1.82) is 0 Å². The Balaban J connectivity index is 3.71. The fraction of sp³-hybridized carbons (Fsp3) is 0.250. The molecular weight excluding hydrogens is 277 g/mol. The van der Waals surface area contributed by atoms with E-state index in [9.17, 15) is 18.5 Å². The summed E-state index contributed by atoms with van der Waals surface area (Å²) >= 11 is 5.68. The van der Waals surface area contributed by atoms with E-state index in [1.165, 1.54) is 0 Å². The fourth-order valence-electron chi connectivity index (χ4n) is 1.37. The number of rotatable bonds is 3. The molecule has 1 rings (SSSR count). The number of nitrogens with zero attached hydrogens (tertiary/aromatic N) is 1. The summed E-state index contributed by atoms with van der Waals surface area (Å²) in [5.74, 6) is 0. The van der Waals surface area contributed by atoms with Crippen molar-refractivity contribution in [2.24, 2.45) is 0 Å². The first-order valence-electron chi connectivity index (χ1n) is 4.19. The van der Waals surface area contributed by atoms with Gasteiger partial charge in [-0.25, -0.2) is 8.42 Å². The molecule has 0 unspecified atom stereocenters. The lowest BCUT2D eigenvalue weighted by Crippen LogP contribution is -2.03. The lowest BCUT2D eigenvalue weighted by atomic mass is 10.1. The summed E-state index contributed by atoms with van der Waals surface area (Å²) in [6.07, 6.45) is 0.151. The zero-order valence-corrected chi connectivity index (χ0v) is 10.4. The number of nitro benzene ring substituents is 1. The lowest BCUT2D eigenvalue weighted by Gasteiger charge is -2.07. The second kappa shape index (κ2) is 4.57. The van der Waals surface area contributed by atoms with Crippen LogP contribution in [0.5, 0.6) is 0 Å². The monoisotopic (exact) mass is 283 g/mol. The molecule has 1 aromatic carbocycles. The highest BCUT2D eigenvalue weighted by atomic mass is 35.7. The molecule has 0 saturated carbocycles. The minimum Gasteiger partial charge on any atom is -0.258 e. The van der Waals surface area contributed by atoms with Gasteiger partial charge in [0.1, 0.15) is 4.90 Å². The van der Waals surface area contributed by atoms with Gasteiger partial charge in [-0.3, -0.25) is 10.1 Å². The zero-order chi connectivity index (χ0) is 12.5. The molecule has 0 aromatic heterocycles. The minimum absolute atomic E-state index is 0.0208. The summed E-state index contributed by atoms with van der Waals surface area (Å²) in [4.78, 5) is 9.65. The van der Waals surface area contributed by atoms with Crippen molar-refractivity contribution in [1.82, 2.24) is 0 Å². The first kappa shape index (κ1) is 13.2. The number of hydrogen-bond acceptors (Lipinski definition) is 4. The summed E-state index contributed by atoms with van der Waals surface area (Å²) in [5.41, 5.74) is -0.279. The Labute approximate surface area is 102 Å². The van der Waals surface area contributed by atoms with Crippen molar-refractivity contribution in [3.63, 3.8) is 0 Å². The average molecular weight is 284 g/mol. The Bertz CT molecular complexity index is 541. The van der Waals surface area contributed by atoms with Gasteiger partial charge in [0.2, 0.25) is 0 Å². The van der Waals surface area contributed by atoms with Gasteiger partial charge in [-0.1, -0.05) is 18.5 Å². The Morgan fingerprint density at radius 2 is 2.00 bits per heavy atom. The van der Waals surface area contributed by atoms with E-state index in [-0.39, 0.29) is 27.6 Å². The molecule has 0 N–H and O–H groups in total. The van der Waals surface area contributed by atoms with Crippen LogP contribution in [0, 0.1) is 10.1 Å². The molecular formula is C8H7Cl2NO4S. The van der Waals surface area contributed by atoms with Crippen molar-refractivity contribution in [3.8, 4) is 0 Å². The summed E-state index contributed by atoms with van der Waals surface area (Å²) in [6, 6.07) is 2.31. The van der Waals surface area contributed by atoms with Crippen LogP contribution in [0.2, 0.25) is 5.02 Å². The van der Waals surface area contributed by atoms with Crippen molar-refractivity contribution in [2.45, 2.75) is 18.2 Å². The molecule has 0 radical (unpaired) electrons. The van der Waals surface area contributed by atoms with Crippen LogP contribution in [0.15, 0.2) is 17.0 Å². The third kappa shape index (κ3) is 2.45. The topological polar surface area (TPSA) is 77.3 Å². The van der Waals surface area contributed by atoms with Gasteiger partial charge in [0, 0.05) is 16.7 Å². The highest BCUT2D eigenvalue weighted by Crippen LogP contribution is 2.34. The molecule has 0 aliphatic rings. The van der Waals surface area contributed by atoms with Crippen LogP contribution in [-0.4, -0.2) is 13.3 Å². The summed E-state index contributed by atoms with van der Waals surface area (Å²) < 4.78 is 22.5. The van der Waals surface area contributed by atoms with Gasteiger partial charge in [0.15, 0.2) is 0 Å². The van der Waals surface area contributed by atoms with Crippen LogP contribution in [0.4, 0.5) is 5.69 Å². The van der Waals surface area contributed by atoms with E-state index < -0.39 is 14.0 Å². The number of halogens is 2. The average Bonchev–Trinajstić information content (AvgIpc) is 2.14. The molecule has 0 amide bonds. The lowest BCUT2D eigenvalue weighted by molar-refractivity contribution is -0.385. The maximum Gasteiger partial charge on any atom is 0.274 e. The van der Waals surface area contributed by atoms with Gasteiger partial charge in [-0.05, 0) is 12.5 Å². The molecule has 0 spiro atoms. The summed E-state index contributed by atoms with van der Waals surface area (Å²) in [6.45, 7) is 1.59. The van der Waals surface area contributed by atoms with E-state index in [1.54, 1.807) is 6.92 Å². The van der Waals surface area contributed by atoms with Gasteiger partial charge >= 0.3 is 0 Å². The molecule has 0 heterocycles. The molecule has 0 aliphatic carbocycles. The normalized spacial score (nSPS) is 11.4. The highest BCUT2D eigenvalue weighted by Gasteiger charge is 2.26. The number of benzene rings is 1. The van der Waals surface area contributed by atoms with E-state index in [0.29, 0.717) is 0 Å². The van der Waals surface area contributed by atoms with Gasteiger partial charge < -0.3 is 0 Å². The maximum absolute atomic E-state index is 11.3. The molecule has 5 nitrogen and oxygen atoms in total. The largest absolute Gasteiger partial charge is 0.274 e. The van der Waals surface area contributed by atoms with E-state index >= 15 is 0 Å². The Kier molecular flexibility index (Phi) is 3.77. The van der Waals surface area contributed by atoms with E-state index in [1.807, 2.05) is 0 Å². The van der Waals surface area contributed by atoms with Crippen molar-refractivity contribution in [3.05, 3.63) is 32.8 Å². The molecule has 1 aromatic rings. The first-order chi connectivity index (χ1) is 7.29. The van der Waals surface area contributed by atoms with E-state index in [2.05, 4.69) is 0 Å². The molecule has 0 saturated heterocycles. The van der Waals surface area contributed by atoms with E-state index in [0.717, 1.165) is 12.1 Å². The Morgan fingerprint density at radius 3 is 2.38 bits per heavy atom. The highest BCUT2D eigenvalue weighted by molar-refractivity contribution is 8.13. The summed E-state index contributed by atoms with van der Waals surface area (Å²) in [7, 11) is 1.09. The smallest absolute Gasteiger partial charge is 0.258 e. The van der Waals surface area contributed by atoms with Gasteiger partial charge in [-0.15, -0.1) is 0 Å². The zero-order valence-electron chi connectivity index (χ0n) is 8.11. The van der Waals surface area contributed by atoms with Crippen LogP contribution in [0.25, 0.3) is 0 Å².